The largest absolute Gasteiger partial charge is 0.271 e. The maximum Gasteiger partial charge on any atom is 0.259 e. The summed E-state index contributed by atoms with van der Waals surface area (Å²) < 4.78 is 55.4. The van der Waals surface area contributed by atoms with Gasteiger partial charge in [0.15, 0.2) is 0 Å². The zero-order valence-corrected chi connectivity index (χ0v) is 21.2. The van der Waals surface area contributed by atoms with Crippen LogP contribution in [0.3, 0.4) is 0 Å². The Morgan fingerprint density at radius 1 is 0.833 bits per heavy atom. The molecule has 1 unspecified atom stereocenters. The van der Waals surface area contributed by atoms with E-state index in [1.807, 2.05) is 31.2 Å². The second-order valence-electron chi connectivity index (χ2n) is 8.27. The van der Waals surface area contributed by atoms with E-state index in [2.05, 4.69) is 10.5 Å². The van der Waals surface area contributed by atoms with Gasteiger partial charge in [-0.05, 0) is 36.8 Å². The third-order valence-corrected chi connectivity index (χ3v) is 9.59. The van der Waals surface area contributed by atoms with Crippen LogP contribution < -0.4 is 5.43 Å². The van der Waals surface area contributed by atoms with E-state index in [9.17, 15) is 21.6 Å². The summed E-state index contributed by atoms with van der Waals surface area (Å²) in [7, 11) is -8.01. The van der Waals surface area contributed by atoms with Crippen molar-refractivity contribution < 1.29 is 21.6 Å². The van der Waals surface area contributed by atoms with Crippen molar-refractivity contribution in [3.05, 3.63) is 96.1 Å². The fourth-order valence-electron chi connectivity index (χ4n) is 3.83. The summed E-state index contributed by atoms with van der Waals surface area (Å²) >= 11 is 0. The standard InChI is InChI=1S/C25H26N4O5S2/c1-20-12-14-21(15-13-20)18-26-27-25(30)24-19-28(35(31,32)22-8-4-2-5-9-22)16-17-29(24)36(33,34)23-10-6-3-7-11-23/h2-15,18,24H,16-17,19H2,1H3,(H,27,30)/b26-18-. The van der Waals surface area contributed by atoms with E-state index >= 15 is 0 Å². The number of aryl methyl sites for hydroxylation is 1. The molecule has 0 aliphatic carbocycles. The molecule has 0 saturated carbocycles. The number of rotatable bonds is 7. The monoisotopic (exact) mass is 526 g/mol. The number of hydrazone groups is 1. The predicted octanol–water partition coefficient (Wildman–Crippen LogP) is 2.21. The summed E-state index contributed by atoms with van der Waals surface area (Å²) in [4.78, 5) is 13.3. The lowest BCUT2D eigenvalue weighted by Gasteiger charge is -2.38. The molecule has 36 heavy (non-hydrogen) atoms. The number of carbonyl (C=O) groups is 1. The average molecular weight is 527 g/mol. The fraction of sp³-hybridized carbons (Fsp3) is 0.200. The number of nitrogens with one attached hydrogen (secondary N) is 1. The van der Waals surface area contributed by atoms with Gasteiger partial charge >= 0.3 is 0 Å². The van der Waals surface area contributed by atoms with E-state index < -0.39 is 32.0 Å². The highest BCUT2D eigenvalue weighted by molar-refractivity contribution is 7.89. The molecule has 0 bridgehead atoms. The Morgan fingerprint density at radius 2 is 1.39 bits per heavy atom. The molecular weight excluding hydrogens is 500 g/mol. The summed E-state index contributed by atoms with van der Waals surface area (Å²) in [6, 6.07) is 21.7. The first kappa shape index (κ1) is 25.7. The van der Waals surface area contributed by atoms with E-state index in [0.717, 1.165) is 19.7 Å². The topological polar surface area (TPSA) is 116 Å². The van der Waals surface area contributed by atoms with Crippen LogP contribution in [-0.4, -0.2) is 63.2 Å². The number of hydrogen-bond acceptors (Lipinski definition) is 6. The van der Waals surface area contributed by atoms with Gasteiger partial charge in [-0.2, -0.15) is 13.7 Å². The van der Waals surface area contributed by atoms with Crippen molar-refractivity contribution >= 4 is 32.2 Å². The summed E-state index contributed by atoms with van der Waals surface area (Å²) in [5.74, 6) is -0.731. The molecule has 11 heteroatoms. The highest BCUT2D eigenvalue weighted by Gasteiger charge is 2.43. The molecule has 9 nitrogen and oxygen atoms in total. The molecule has 1 aliphatic rings. The van der Waals surface area contributed by atoms with Gasteiger partial charge in [-0.1, -0.05) is 66.2 Å². The lowest BCUT2D eigenvalue weighted by Crippen LogP contribution is -2.60. The van der Waals surface area contributed by atoms with Gasteiger partial charge in [0, 0.05) is 19.6 Å². The Balaban J connectivity index is 1.62. The molecule has 1 amide bonds. The molecule has 3 aromatic rings. The van der Waals surface area contributed by atoms with E-state index in [-0.39, 0.29) is 29.4 Å². The number of carbonyl (C=O) groups excluding carboxylic acids is 1. The molecule has 4 rings (SSSR count). The molecule has 1 atom stereocenters. The van der Waals surface area contributed by atoms with E-state index in [0.29, 0.717) is 0 Å². The third kappa shape index (κ3) is 5.54. The van der Waals surface area contributed by atoms with Crippen LogP contribution in [0.2, 0.25) is 0 Å². The molecule has 0 spiro atoms. The molecule has 1 saturated heterocycles. The highest BCUT2D eigenvalue weighted by atomic mass is 32.2. The predicted molar refractivity (Wildman–Crippen MR) is 136 cm³/mol. The fourth-order valence-corrected chi connectivity index (χ4v) is 6.88. The molecule has 0 radical (unpaired) electrons. The van der Waals surface area contributed by atoms with Gasteiger partial charge in [0.2, 0.25) is 20.0 Å². The van der Waals surface area contributed by atoms with Gasteiger partial charge in [0.1, 0.15) is 6.04 Å². The summed E-state index contributed by atoms with van der Waals surface area (Å²) in [6.07, 6.45) is 1.44. The van der Waals surface area contributed by atoms with Crippen LogP contribution in [0, 0.1) is 6.92 Å². The van der Waals surface area contributed by atoms with E-state index in [1.54, 1.807) is 36.4 Å². The number of benzene rings is 3. The first-order valence-corrected chi connectivity index (χ1v) is 14.1. The summed E-state index contributed by atoms with van der Waals surface area (Å²) in [5, 5.41) is 3.97. The first-order valence-electron chi connectivity index (χ1n) is 11.2. The first-order chi connectivity index (χ1) is 17.2. The van der Waals surface area contributed by atoms with Gasteiger partial charge < -0.3 is 0 Å². The molecule has 1 fully saturated rings. The van der Waals surface area contributed by atoms with Gasteiger partial charge in [-0.3, -0.25) is 4.79 Å². The van der Waals surface area contributed by atoms with Gasteiger partial charge in [0.25, 0.3) is 5.91 Å². The minimum atomic E-state index is -4.07. The van der Waals surface area contributed by atoms with Crippen molar-refractivity contribution in [3.8, 4) is 0 Å². The number of hydrogen-bond donors (Lipinski definition) is 1. The number of nitrogens with zero attached hydrogens (tertiary/aromatic N) is 3. The zero-order chi connectivity index (χ0) is 25.8. The van der Waals surface area contributed by atoms with Crippen LogP contribution in [0.25, 0.3) is 0 Å². The Hall–Kier alpha value is -3.38. The molecule has 1 aliphatic heterocycles. The maximum absolute atomic E-state index is 13.4. The summed E-state index contributed by atoms with van der Waals surface area (Å²) in [5.41, 5.74) is 4.20. The minimum absolute atomic E-state index is 0.0188. The quantitative estimate of drug-likeness (QED) is 0.374. The molecule has 1 heterocycles. The van der Waals surface area contributed by atoms with E-state index in [4.69, 9.17) is 0 Å². The molecule has 0 aromatic heterocycles. The molecule has 1 N–H and O–H groups in total. The minimum Gasteiger partial charge on any atom is -0.271 e. The number of piperazine rings is 1. The SMILES string of the molecule is Cc1ccc(/C=N\NC(=O)C2CN(S(=O)(=O)c3ccccc3)CCN2S(=O)(=O)c2ccccc2)cc1. The number of amides is 1. The van der Waals surface area contributed by atoms with Gasteiger partial charge in [-0.15, -0.1) is 0 Å². The van der Waals surface area contributed by atoms with Gasteiger partial charge in [0.05, 0.1) is 16.0 Å². The normalized spacial score (nSPS) is 17.8. The van der Waals surface area contributed by atoms with Crippen LogP contribution in [0.4, 0.5) is 0 Å². The lowest BCUT2D eigenvalue weighted by atomic mass is 10.2. The Kier molecular flexibility index (Phi) is 7.65. The third-order valence-electron chi connectivity index (χ3n) is 5.79. The Bertz CT molecular complexity index is 1440. The van der Waals surface area contributed by atoms with Crippen molar-refractivity contribution in [2.75, 3.05) is 19.6 Å². The summed E-state index contributed by atoms with van der Waals surface area (Å²) in [6.45, 7) is 1.31. The second-order valence-corrected chi connectivity index (χ2v) is 12.1. The molecular formula is C25H26N4O5S2. The average Bonchev–Trinajstić information content (AvgIpc) is 2.90. The van der Waals surface area contributed by atoms with Gasteiger partial charge in [-0.25, -0.2) is 22.3 Å². The van der Waals surface area contributed by atoms with Crippen LogP contribution in [0.15, 0.2) is 99.8 Å². The van der Waals surface area contributed by atoms with E-state index in [1.165, 1.54) is 30.5 Å². The number of sulfonamides is 2. The Labute approximate surface area is 211 Å². The zero-order valence-electron chi connectivity index (χ0n) is 19.6. The second kappa shape index (κ2) is 10.7. The molecule has 188 valence electrons. The van der Waals surface area contributed by atoms with Crippen LogP contribution in [0.5, 0.6) is 0 Å². The molecule has 3 aromatic carbocycles. The van der Waals surface area contributed by atoms with Crippen molar-refractivity contribution in [1.29, 1.82) is 0 Å². The van der Waals surface area contributed by atoms with Crippen LogP contribution in [-0.2, 0) is 24.8 Å². The van der Waals surface area contributed by atoms with Crippen molar-refractivity contribution in [1.82, 2.24) is 14.0 Å². The van der Waals surface area contributed by atoms with Crippen molar-refractivity contribution in [2.24, 2.45) is 5.10 Å². The lowest BCUT2D eigenvalue weighted by molar-refractivity contribution is -0.125. The Morgan fingerprint density at radius 3 is 1.97 bits per heavy atom. The maximum atomic E-state index is 13.4. The smallest absolute Gasteiger partial charge is 0.259 e. The van der Waals surface area contributed by atoms with Crippen molar-refractivity contribution in [3.63, 3.8) is 0 Å². The van der Waals surface area contributed by atoms with Crippen LogP contribution in [0.1, 0.15) is 11.1 Å². The van der Waals surface area contributed by atoms with Crippen LogP contribution >= 0.6 is 0 Å². The highest BCUT2D eigenvalue weighted by Crippen LogP contribution is 2.25. The van der Waals surface area contributed by atoms with Crippen molar-refractivity contribution in [2.45, 2.75) is 22.8 Å².